The van der Waals surface area contributed by atoms with Crippen LogP contribution in [0.1, 0.15) is 10.6 Å². The van der Waals surface area contributed by atoms with Gasteiger partial charge in [0.1, 0.15) is 5.76 Å². The van der Waals surface area contributed by atoms with E-state index in [-0.39, 0.29) is 11.7 Å². The highest BCUT2D eigenvalue weighted by atomic mass is 35.5. The summed E-state index contributed by atoms with van der Waals surface area (Å²) in [4.78, 5) is 11.6. The van der Waals surface area contributed by atoms with Gasteiger partial charge in [-0.15, -0.1) is 6.58 Å². The van der Waals surface area contributed by atoms with Gasteiger partial charge < -0.3 is 9.73 Å². The van der Waals surface area contributed by atoms with Crippen molar-refractivity contribution in [2.45, 2.75) is 0 Å². The second-order valence-electron chi connectivity index (χ2n) is 3.64. The van der Waals surface area contributed by atoms with Gasteiger partial charge >= 0.3 is 0 Å². The third-order valence-electron chi connectivity index (χ3n) is 2.38. The molecule has 1 N–H and O–H groups in total. The molecule has 3 nitrogen and oxygen atoms in total. The molecule has 0 spiro atoms. The van der Waals surface area contributed by atoms with Crippen LogP contribution in [-0.4, -0.2) is 12.5 Å². The SMILES string of the molecule is C=CCNC(=O)c1ccc(-c2ccccc2Cl)o1. The molecular weight excluding hydrogens is 250 g/mol. The maximum Gasteiger partial charge on any atom is 0.287 e. The summed E-state index contributed by atoms with van der Waals surface area (Å²) in [7, 11) is 0. The van der Waals surface area contributed by atoms with Gasteiger partial charge in [-0.3, -0.25) is 4.79 Å². The van der Waals surface area contributed by atoms with Gasteiger partial charge in [-0.25, -0.2) is 0 Å². The lowest BCUT2D eigenvalue weighted by Gasteiger charge is -2.00. The molecule has 1 heterocycles. The van der Waals surface area contributed by atoms with E-state index < -0.39 is 0 Å². The molecule has 1 aromatic carbocycles. The van der Waals surface area contributed by atoms with E-state index >= 15 is 0 Å². The molecule has 2 aromatic rings. The van der Waals surface area contributed by atoms with Gasteiger partial charge in [-0.05, 0) is 24.3 Å². The molecule has 0 aliphatic carbocycles. The standard InChI is InChI=1S/C14H12ClNO2/c1-2-9-16-14(17)13-8-7-12(18-13)10-5-3-4-6-11(10)15/h2-8H,1,9H2,(H,16,17). The average molecular weight is 262 g/mol. The summed E-state index contributed by atoms with van der Waals surface area (Å²) < 4.78 is 5.48. The van der Waals surface area contributed by atoms with Crippen LogP contribution < -0.4 is 5.32 Å². The Hall–Kier alpha value is -2.00. The first-order chi connectivity index (χ1) is 8.72. The number of amides is 1. The van der Waals surface area contributed by atoms with Crippen molar-refractivity contribution in [2.24, 2.45) is 0 Å². The molecule has 0 saturated carbocycles. The molecule has 0 aliphatic rings. The van der Waals surface area contributed by atoms with E-state index in [0.717, 1.165) is 5.56 Å². The molecule has 4 heteroatoms. The van der Waals surface area contributed by atoms with Crippen LogP contribution in [0.3, 0.4) is 0 Å². The van der Waals surface area contributed by atoms with Gasteiger partial charge in [0.25, 0.3) is 5.91 Å². The fourth-order valence-electron chi connectivity index (χ4n) is 1.52. The lowest BCUT2D eigenvalue weighted by molar-refractivity contribution is 0.0931. The molecule has 18 heavy (non-hydrogen) atoms. The van der Waals surface area contributed by atoms with E-state index in [9.17, 15) is 4.79 Å². The first kappa shape index (κ1) is 12.5. The number of furan rings is 1. The Bertz CT molecular complexity index is 575. The number of nitrogens with one attached hydrogen (secondary N) is 1. The quantitative estimate of drug-likeness (QED) is 0.856. The number of halogens is 1. The van der Waals surface area contributed by atoms with Crippen molar-refractivity contribution in [1.82, 2.24) is 5.32 Å². The minimum atomic E-state index is -0.270. The van der Waals surface area contributed by atoms with Crippen LogP contribution in [0, 0.1) is 0 Å². The normalized spacial score (nSPS) is 10.1. The van der Waals surface area contributed by atoms with Gasteiger partial charge in [0, 0.05) is 12.1 Å². The second kappa shape index (κ2) is 5.56. The molecule has 0 unspecified atom stereocenters. The predicted octanol–water partition coefficient (Wildman–Crippen LogP) is 3.52. The summed E-state index contributed by atoms with van der Waals surface area (Å²) in [5.41, 5.74) is 0.766. The topological polar surface area (TPSA) is 42.2 Å². The fourth-order valence-corrected chi connectivity index (χ4v) is 1.75. The smallest absolute Gasteiger partial charge is 0.287 e. The lowest BCUT2D eigenvalue weighted by Crippen LogP contribution is -2.22. The Morgan fingerprint density at radius 1 is 1.33 bits per heavy atom. The van der Waals surface area contributed by atoms with Crippen LogP contribution in [0.25, 0.3) is 11.3 Å². The van der Waals surface area contributed by atoms with Crippen LogP contribution in [0.15, 0.2) is 53.5 Å². The Balaban J connectivity index is 2.23. The molecule has 0 aliphatic heterocycles. The van der Waals surface area contributed by atoms with Crippen LogP contribution in [0.4, 0.5) is 0 Å². The average Bonchev–Trinajstić information content (AvgIpc) is 2.86. The summed E-state index contributed by atoms with van der Waals surface area (Å²) in [6.07, 6.45) is 1.61. The van der Waals surface area contributed by atoms with Gasteiger partial charge in [-0.1, -0.05) is 29.8 Å². The first-order valence-corrected chi connectivity index (χ1v) is 5.84. The lowest BCUT2D eigenvalue weighted by atomic mass is 10.2. The Morgan fingerprint density at radius 2 is 2.11 bits per heavy atom. The number of carbonyl (C=O) groups is 1. The van der Waals surface area contributed by atoms with Crippen LogP contribution >= 0.6 is 11.6 Å². The third-order valence-corrected chi connectivity index (χ3v) is 2.71. The minimum absolute atomic E-state index is 0.256. The highest BCUT2D eigenvalue weighted by Gasteiger charge is 2.12. The van der Waals surface area contributed by atoms with Crippen molar-refractivity contribution in [3.63, 3.8) is 0 Å². The van der Waals surface area contributed by atoms with E-state index in [4.69, 9.17) is 16.0 Å². The summed E-state index contributed by atoms with van der Waals surface area (Å²) in [6.45, 7) is 3.93. The molecule has 92 valence electrons. The predicted molar refractivity (Wildman–Crippen MR) is 71.7 cm³/mol. The largest absolute Gasteiger partial charge is 0.451 e. The van der Waals surface area contributed by atoms with Crippen LogP contribution in [0.5, 0.6) is 0 Å². The molecule has 1 amide bonds. The van der Waals surface area contributed by atoms with Crippen molar-refractivity contribution >= 4 is 17.5 Å². The molecule has 0 atom stereocenters. The monoisotopic (exact) mass is 261 g/mol. The maximum absolute atomic E-state index is 11.6. The fraction of sp³-hybridized carbons (Fsp3) is 0.0714. The second-order valence-corrected chi connectivity index (χ2v) is 4.05. The number of rotatable bonds is 4. The highest BCUT2D eigenvalue weighted by molar-refractivity contribution is 6.33. The summed E-state index contributed by atoms with van der Waals surface area (Å²) in [5.74, 6) is 0.560. The maximum atomic E-state index is 11.6. The van der Waals surface area contributed by atoms with Crippen molar-refractivity contribution in [1.29, 1.82) is 0 Å². The number of hydrogen-bond acceptors (Lipinski definition) is 2. The minimum Gasteiger partial charge on any atom is -0.451 e. The number of hydrogen-bond donors (Lipinski definition) is 1. The summed E-state index contributed by atoms with van der Waals surface area (Å²) >= 11 is 6.06. The molecule has 1 aromatic heterocycles. The molecule has 2 rings (SSSR count). The zero-order chi connectivity index (χ0) is 13.0. The van der Waals surface area contributed by atoms with Gasteiger partial charge in [0.05, 0.1) is 5.02 Å². The molecule has 0 saturated heterocycles. The molecular formula is C14H12ClNO2. The van der Waals surface area contributed by atoms with Gasteiger partial charge in [0.2, 0.25) is 0 Å². The Kier molecular flexibility index (Phi) is 3.85. The number of benzene rings is 1. The van der Waals surface area contributed by atoms with Crippen molar-refractivity contribution < 1.29 is 9.21 Å². The number of carbonyl (C=O) groups excluding carboxylic acids is 1. The van der Waals surface area contributed by atoms with E-state index in [1.807, 2.05) is 18.2 Å². The summed E-state index contributed by atoms with van der Waals surface area (Å²) in [6, 6.07) is 10.7. The summed E-state index contributed by atoms with van der Waals surface area (Å²) in [5, 5.41) is 3.23. The Labute approximate surface area is 110 Å². The molecule has 0 bridgehead atoms. The zero-order valence-corrected chi connectivity index (χ0v) is 10.4. The van der Waals surface area contributed by atoms with Gasteiger partial charge in [0.15, 0.2) is 5.76 Å². The third kappa shape index (κ3) is 2.63. The van der Waals surface area contributed by atoms with Crippen LogP contribution in [-0.2, 0) is 0 Å². The van der Waals surface area contributed by atoms with Crippen LogP contribution in [0.2, 0.25) is 5.02 Å². The zero-order valence-electron chi connectivity index (χ0n) is 9.65. The molecule has 0 radical (unpaired) electrons. The van der Waals surface area contributed by atoms with Crippen molar-refractivity contribution in [3.05, 3.63) is 59.8 Å². The van der Waals surface area contributed by atoms with E-state index in [1.54, 1.807) is 24.3 Å². The van der Waals surface area contributed by atoms with E-state index in [2.05, 4.69) is 11.9 Å². The van der Waals surface area contributed by atoms with E-state index in [0.29, 0.717) is 17.3 Å². The Morgan fingerprint density at radius 3 is 2.83 bits per heavy atom. The van der Waals surface area contributed by atoms with Crippen molar-refractivity contribution in [2.75, 3.05) is 6.54 Å². The van der Waals surface area contributed by atoms with E-state index in [1.165, 1.54) is 0 Å². The highest BCUT2D eigenvalue weighted by Crippen LogP contribution is 2.28. The van der Waals surface area contributed by atoms with Gasteiger partial charge in [-0.2, -0.15) is 0 Å². The van der Waals surface area contributed by atoms with Crippen molar-refractivity contribution in [3.8, 4) is 11.3 Å². The first-order valence-electron chi connectivity index (χ1n) is 5.46. The molecule has 0 fully saturated rings.